The molecule has 0 radical (unpaired) electrons. The van der Waals surface area contributed by atoms with E-state index in [1.54, 1.807) is 0 Å². The number of thioether (sulfide) groups is 1. The van der Waals surface area contributed by atoms with Gasteiger partial charge in [-0.3, -0.25) is 4.79 Å². The predicted octanol–water partition coefficient (Wildman–Crippen LogP) is 3.99. The van der Waals surface area contributed by atoms with Crippen LogP contribution in [0.15, 0.2) is 48.5 Å². The van der Waals surface area contributed by atoms with Gasteiger partial charge in [0.05, 0.1) is 12.1 Å². The van der Waals surface area contributed by atoms with Crippen LogP contribution in [-0.2, 0) is 14.3 Å². The third kappa shape index (κ3) is 7.18. The monoisotopic (exact) mass is 594 g/mol. The highest BCUT2D eigenvalue weighted by Gasteiger charge is 2.42. The molecule has 2 aliphatic heterocycles. The molecule has 2 saturated heterocycles. The van der Waals surface area contributed by atoms with Crippen LogP contribution >= 0.6 is 11.8 Å². The first-order valence-corrected chi connectivity index (χ1v) is 15.7. The van der Waals surface area contributed by atoms with Crippen molar-refractivity contribution in [2.45, 2.75) is 74.2 Å². The number of carbonyl (C=O) groups is 4. The summed E-state index contributed by atoms with van der Waals surface area (Å²) in [5, 5.41) is 21.3. The quantitative estimate of drug-likeness (QED) is 0.164. The molecule has 0 aromatic heterocycles. The predicted molar refractivity (Wildman–Crippen MR) is 160 cm³/mol. The molecule has 0 spiro atoms. The van der Waals surface area contributed by atoms with E-state index in [4.69, 9.17) is 4.74 Å². The first-order chi connectivity index (χ1) is 20.4. The molecule has 5 rings (SSSR count). The van der Waals surface area contributed by atoms with Gasteiger partial charge in [-0.25, -0.2) is 14.4 Å². The number of fused-ring (bicyclic) bond motifs is 4. The minimum atomic E-state index is -1.12. The van der Waals surface area contributed by atoms with E-state index in [2.05, 4.69) is 33.4 Å². The van der Waals surface area contributed by atoms with Crippen LogP contribution < -0.4 is 21.3 Å². The van der Waals surface area contributed by atoms with E-state index in [-0.39, 0.29) is 43.0 Å². The number of carboxylic acid groups (broad SMARTS) is 1. The number of carboxylic acids is 1. The van der Waals surface area contributed by atoms with Gasteiger partial charge < -0.3 is 31.1 Å². The van der Waals surface area contributed by atoms with Crippen LogP contribution in [0, 0.1) is 0 Å². The largest absolute Gasteiger partial charge is 0.480 e. The second-order valence-electron chi connectivity index (χ2n) is 11.1. The molecule has 4 amide bonds. The molecule has 5 N–H and O–H groups in total. The van der Waals surface area contributed by atoms with Crippen LogP contribution in [0.2, 0.25) is 0 Å². The molecule has 3 aliphatic rings. The summed E-state index contributed by atoms with van der Waals surface area (Å²) >= 11 is 1.87. The second kappa shape index (κ2) is 14.0. The van der Waals surface area contributed by atoms with E-state index >= 15 is 0 Å². The minimum Gasteiger partial charge on any atom is -0.480 e. The van der Waals surface area contributed by atoms with Crippen LogP contribution in [0.5, 0.6) is 0 Å². The van der Waals surface area contributed by atoms with Gasteiger partial charge in [0.1, 0.15) is 12.6 Å². The summed E-state index contributed by atoms with van der Waals surface area (Å²) in [6.45, 7) is 0.572. The van der Waals surface area contributed by atoms with E-state index in [1.807, 2.05) is 48.2 Å². The van der Waals surface area contributed by atoms with Crippen molar-refractivity contribution in [3.63, 3.8) is 0 Å². The summed E-state index contributed by atoms with van der Waals surface area (Å²) in [5.74, 6) is -0.309. The van der Waals surface area contributed by atoms with Crippen molar-refractivity contribution in [1.82, 2.24) is 21.3 Å². The van der Waals surface area contributed by atoms with Gasteiger partial charge in [0.25, 0.3) is 0 Å². The Morgan fingerprint density at radius 3 is 2.40 bits per heavy atom. The van der Waals surface area contributed by atoms with Crippen molar-refractivity contribution in [2.75, 3.05) is 18.9 Å². The van der Waals surface area contributed by atoms with Gasteiger partial charge >= 0.3 is 18.1 Å². The standard InChI is InChI=1S/C31H38N4O6S/c36-27(15-6-5-14-26-28-25(18-42-26)33-30(39)35-28)32-16-8-7-13-24(29(37)38)34-31(40)41-17-23-21-11-3-1-9-19(21)20-10-2-4-12-22(20)23/h1-4,9-12,23-26,28H,5-8,13-18H2,(H,32,36)(H,34,40)(H,37,38)(H2,33,35,39). The molecular formula is C31H38N4O6S. The molecule has 0 saturated carbocycles. The number of amides is 4. The fourth-order valence-corrected chi connectivity index (χ4v) is 7.65. The normalized spacial score (nSPS) is 21.0. The number of hydrogen-bond donors (Lipinski definition) is 5. The highest BCUT2D eigenvalue weighted by Crippen LogP contribution is 2.44. The molecule has 2 heterocycles. The number of alkyl carbamates (subject to hydrolysis) is 1. The molecule has 2 aromatic rings. The average Bonchev–Trinajstić information content (AvgIpc) is 3.64. The number of urea groups is 1. The number of aliphatic carboxylic acids is 1. The van der Waals surface area contributed by atoms with E-state index in [0.29, 0.717) is 31.1 Å². The molecule has 4 unspecified atom stereocenters. The highest BCUT2D eigenvalue weighted by atomic mass is 32.2. The third-order valence-electron chi connectivity index (χ3n) is 8.26. The number of hydrogen-bond acceptors (Lipinski definition) is 6. The number of rotatable bonds is 14. The van der Waals surface area contributed by atoms with Crippen molar-refractivity contribution < 1.29 is 29.0 Å². The molecule has 2 fully saturated rings. The van der Waals surface area contributed by atoms with Gasteiger partial charge in [0.2, 0.25) is 5.91 Å². The maximum absolute atomic E-state index is 12.5. The Labute approximate surface area is 249 Å². The maximum atomic E-state index is 12.5. The molecule has 224 valence electrons. The average molecular weight is 595 g/mol. The summed E-state index contributed by atoms with van der Waals surface area (Å²) in [6.07, 6.45) is 3.74. The van der Waals surface area contributed by atoms with Gasteiger partial charge in [-0.2, -0.15) is 11.8 Å². The Bertz CT molecular complexity index is 1260. The number of unbranched alkanes of at least 4 members (excludes halogenated alkanes) is 2. The van der Waals surface area contributed by atoms with Gasteiger partial charge in [-0.15, -0.1) is 0 Å². The van der Waals surface area contributed by atoms with E-state index in [9.17, 15) is 24.3 Å². The lowest BCUT2D eigenvalue weighted by Crippen LogP contribution is -2.41. The highest BCUT2D eigenvalue weighted by molar-refractivity contribution is 8.00. The lowest BCUT2D eigenvalue weighted by molar-refractivity contribution is -0.139. The van der Waals surface area contributed by atoms with Crippen molar-refractivity contribution >= 4 is 35.8 Å². The Morgan fingerprint density at radius 2 is 1.69 bits per heavy atom. The lowest BCUT2D eigenvalue weighted by atomic mass is 9.98. The first kappa shape index (κ1) is 29.8. The zero-order valence-corrected chi connectivity index (χ0v) is 24.3. The first-order valence-electron chi connectivity index (χ1n) is 14.7. The van der Waals surface area contributed by atoms with Crippen molar-refractivity contribution in [2.24, 2.45) is 0 Å². The third-order valence-corrected chi connectivity index (χ3v) is 9.76. The van der Waals surface area contributed by atoms with Gasteiger partial charge in [-0.1, -0.05) is 55.0 Å². The fraction of sp³-hybridized carbons (Fsp3) is 0.484. The topological polar surface area (TPSA) is 146 Å². The van der Waals surface area contributed by atoms with E-state index in [1.165, 1.54) is 0 Å². The molecule has 42 heavy (non-hydrogen) atoms. The Morgan fingerprint density at radius 1 is 0.976 bits per heavy atom. The van der Waals surface area contributed by atoms with Crippen LogP contribution in [0.3, 0.4) is 0 Å². The SMILES string of the molecule is O=C(CCCCC1SCC2NC(=O)NC21)NCCCCC(NC(=O)OCC1c2ccccc2-c2ccccc21)C(=O)O. The number of nitrogens with one attached hydrogen (secondary N) is 4. The fourth-order valence-electron chi connectivity index (χ4n) is 6.10. The summed E-state index contributed by atoms with van der Waals surface area (Å²) < 4.78 is 5.49. The molecular weight excluding hydrogens is 556 g/mol. The summed E-state index contributed by atoms with van der Waals surface area (Å²) in [5.41, 5.74) is 4.42. The summed E-state index contributed by atoms with van der Waals surface area (Å²) in [4.78, 5) is 48.0. The Hall–Kier alpha value is -3.73. The van der Waals surface area contributed by atoms with E-state index < -0.39 is 18.1 Å². The summed E-state index contributed by atoms with van der Waals surface area (Å²) in [6, 6.07) is 15.3. The number of carbonyl (C=O) groups excluding carboxylic acids is 3. The zero-order chi connectivity index (χ0) is 29.5. The molecule has 10 nitrogen and oxygen atoms in total. The van der Waals surface area contributed by atoms with E-state index in [0.717, 1.165) is 47.3 Å². The molecule has 0 bridgehead atoms. The maximum Gasteiger partial charge on any atom is 0.407 e. The van der Waals surface area contributed by atoms with Crippen molar-refractivity contribution in [3.05, 3.63) is 59.7 Å². The smallest absolute Gasteiger partial charge is 0.407 e. The van der Waals surface area contributed by atoms with Gasteiger partial charge in [0, 0.05) is 29.9 Å². The minimum absolute atomic E-state index is 0.0191. The van der Waals surface area contributed by atoms with Gasteiger partial charge in [-0.05, 0) is 54.4 Å². The molecule has 4 atom stereocenters. The van der Waals surface area contributed by atoms with Crippen LogP contribution in [-0.4, -0.2) is 71.4 Å². The summed E-state index contributed by atoms with van der Waals surface area (Å²) in [7, 11) is 0. The Balaban J connectivity index is 0.954. The Kier molecular flexibility index (Phi) is 9.89. The molecule has 2 aromatic carbocycles. The number of ether oxygens (including phenoxy) is 1. The van der Waals surface area contributed by atoms with Crippen LogP contribution in [0.25, 0.3) is 11.1 Å². The second-order valence-corrected chi connectivity index (χ2v) is 12.3. The molecule has 1 aliphatic carbocycles. The van der Waals surface area contributed by atoms with Gasteiger partial charge in [0.15, 0.2) is 0 Å². The zero-order valence-electron chi connectivity index (χ0n) is 23.5. The van der Waals surface area contributed by atoms with Crippen molar-refractivity contribution in [3.8, 4) is 11.1 Å². The number of benzene rings is 2. The lowest BCUT2D eigenvalue weighted by Gasteiger charge is -2.17. The molecule has 11 heteroatoms. The van der Waals surface area contributed by atoms with Crippen LogP contribution in [0.4, 0.5) is 9.59 Å². The van der Waals surface area contributed by atoms with Crippen molar-refractivity contribution in [1.29, 1.82) is 0 Å². The van der Waals surface area contributed by atoms with Crippen LogP contribution in [0.1, 0.15) is 62.0 Å².